The summed E-state index contributed by atoms with van der Waals surface area (Å²) in [7, 11) is 1.64. The Morgan fingerprint density at radius 3 is 2.70 bits per heavy atom. The van der Waals surface area contributed by atoms with E-state index in [1.54, 1.807) is 31.8 Å². The number of aliphatic imine (C=N–C) groups is 2. The molecule has 27 heavy (non-hydrogen) atoms. The number of rotatable bonds is 3. The summed E-state index contributed by atoms with van der Waals surface area (Å²) >= 11 is 1.44. The van der Waals surface area contributed by atoms with Crippen molar-refractivity contribution in [3.05, 3.63) is 61.8 Å². The number of pyridine rings is 2. The van der Waals surface area contributed by atoms with Gasteiger partial charge < -0.3 is 4.42 Å². The summed E-state index contributed by atoms with van der Waals surface area (Å²) in [6, 6.07) is 7.46. The van der Waals surface area contributed by atoms with Crippen LogP contribution in [-0.2, 0) is 0 Å². The zero-order chi connectivity index (χ0) is 19.2. The van der Waals surface area contributed by atoms with Crippen LogP contribution in [0.1, 0.15) is 5.69 Å². The molecule has 0 saturated heterocycles. The first kappa shape index (κ1) is 18.3. The van der Waals surface area contributed by atoms with Gasteiger partial charge in [-0.2, -0.15) is 0 Å². The molecule has 0 amide bonds. The van der Waals surface area contributed by atoms with Gasteiger partial charge in [0.25, 0.3) is 0 Å². The van der Waals surface area contributed by atoms with Gasteiger partial charge in [-0.05, 0) is 24.9 Å². The summed E-state index contributed by atoms with van der Waals surface area (Å²) in [5.41, 5.74) is 2.85. The molecule has 0 aliphatic carbocycles. The van der Waals surface area contributed by atoms with Gasteiger partial charge in [-0.1, -0.05) is 11.3 Å². The summed E-state index contributed by atoms with van der Waals surface area (Å²) in [6.45, 7) is 9.54. The van der Waals surface area contributed by atoms with Crippen molar-refractivity contribution in [3.8, 4) is 21.3 Å². The van der Waals surface area contributed by atoms with Crippen molar-refractivity contribution in [2.24, 2.45) is 9.98 Å². The minimum Gasteiger partial charge on any atom is -0.464 e. The standard InChI is InChI=1S/C17H12N6OS.C2H4/c1-18-15(19-2)12-8-13-11(5-7-24-13)14(21-12)17-23-22-16(25-17)10-4-3-6-20-9-10;1-2/h3-9H,1H2,2H3;1-2H2. The highest BCUT2D eigenvalue weighted by Crippen LogP contribution is 2.33. The lowest BCUT2D eigenvalue weighted by Gasteiger charge is -2.03. The van der Waals surface area contributed by atoms with Crippen LogP contribution >= 0.6 is 11.3 Å². The summed E-state index contributed by atoms with van der Waals surface area (Å²) in [5.74, 6) is 0.441. The first-order chi connectivity index (χ1) is 13.3. The molecule has 4 aromatic rings. The molecule has 0 aliphatic rings. The van der Waals surface area contributed by atoms with Crippen molar-refractivity contribution < 1.29 is 4.42 Å². The Morgan fingerprint density at radius 2 is 2.00 bits per heavy atom. The van der Waals surface area contributed by atoms with Crippen molar-refractivity contribution in [3.63, 3.8) is 0 Å². The Balaban J connectivity index is 0.00000102. The monoisotopic (exact) mass is 376 g/mol. The van der Waals surface area contributed by atoms with Crippen molar-refractivity contribution in [1.82, 2.24) is 20.2 Å². The highest BCUT2D eigenvalue weighted by Gasteiger charge is 2.17. The molecule has 0 radical (unpaired) electrons. The molecule has 7 nitrogen and oxygen atoms in total. The minimum absolute atomic E-state index is 0.441. The van der Waals surface area contributed by atoms with E-state index in [4.69, 9.17) is 4.42 Å². The fourth-order valence-electron chi connectivity index (χ4n) is 2.43. The van der Waals surface area contributed by atoms with Crippen LogP contribution in [0, 0.1) is 0 Å². The van der Waals surface area contributed by atoms with Gasteiger partial charge in [-0.3, -0.25) is 9.98 Å². The lowest BCUT2D eigenvalue weighted by molar-refractivity contribution is 0.615. The van der Waals surface area contributed by atoms with Gasteiger partial charge in [0.2, 0.25) is 0 Å². The summed E-state index contributed by atoms with van der Waals surface area (Å²) in [4.78, 5) is 16.8. The van der Waals surface area contributed by atoms with E-state index in [9.17, 15) is 0 Å². The third-order valence-corrected chi connectivity index (χ3v) is 4.56. The number of fused-ring (bicyclic) bond motifs is 1. The number of hydrogen-bond acceptors (Lipinski definition) is 7. The van der Waals surface area contributed by atoms with Gasteiger partial charge in [0, 0.05) is 36.5 Å². The zero-order valence-electron chi connectivity index (χ0n) is 14.7. The highest BCUT2D eigenvalue weighted by atomic mass is 32.1. The van der Waals surface area contributed by atoms with Gasteiger partial charge in [0.05, 0.1) is 6.26 Å². The molecular weight excluding hydrogens is 360 g/mol. The molecule has 134 valence electrons. The second kappa shape index (κ2) is 8.24. The molecule has 0 bridgehead atoms. The molecule has 4 heterocycles. The zero-order valence-corrected chi connectivity index (χ0v) is 15.5. The molecular formula is C19H16N6OS. The predicted molar refractivity (Wildman–Crippen MR) is 109 cm³/mol. The van der Waals surface area contributed by atoms with Crippen LogP contribution < -0.4 is 0 Å². The largest absolute Gasteiger partial charge is 0.464 e. The molecule has 0 unspecified atom stereocenters. The first-order valence-electron chi connectivity index (χ1n) is 7.86. The predicted octanol–water partition coefficient (Wildman–Crippen LogP) is 4.29. The topological polar surface area (TPSA) is 89.4 Å². The third kappa shape index (κ3) is 3.56. The lowest BCUT2D eigenvalue weighted by atomic mass is 10.2. The molecule has 0 fully saturated rings. The number of aromatic nitrogens is 4. The molecule has 8 heteroatoms. The van der Waals surface area contributed by atoms with E-state index in [2.05, 4.69) is 50.0 Å². The lowest BCUT2D eigenvalue weighted by Crippen LogP contribution is -2.01. The number of amidine groups is 1. The van der Waals surface area contributed by atoms with Gasteiger partial charge >= 0.3 is 0 Å². The number of furan rings is 1. The van der Waals surface area contributed by atoms with Crippen LogP contribution in [0.5, 0.6) is 0 Å². The average molecular weight is 376 g/mol. The first-order valence-corrected chi connectivity index (χ1v) is 8.68. The molecule has 0 aromatic carbocycles. The van der Waals surface area contributed by atoms with Crippen molar-refractivity contribution in [2.75, 3.05) is 7.05 Å². The quantitative estimate of drug-likeness (QED) is 0.302. The van der Waals surface area contributed by atoms with Crippen molar-refractivity contribution in [1.29, 1.82) is 0 Å². The molecule has 0 aliphatic heterocycles. The maximum atomic E-state index is 5.54. The van der Waals surface area contributed by atoms with E-state index >= 15 is 0 Å². The van der Waals surface area contributed by atoms with Crippen LogP contribution in [0.15, 0.2) is 70.5 Å². The van der Waals surface area contributed by atoms with E-state index in [0.29, 0.717) is 27.8 Å². The molecule has 4 rings (SSSR count). The molecule has 0 saturated carbocycles. The minimum atomic E-state index is 0.441. The fourth-order valence-corrected chi connectivity index (χ4v) is 3.27. The summed E-state index contributed by atoms with van der Waals surface area (Å²) in [5, 5.41) is 10.9. The Kier molecular flexibility index (Phi) is 5.58. The fraction of sp³-hybridized carbons (Fsp3) is 0.0526. The number of nitrogens with zero attached hydrogens (tertiary/aromatic N) is 6. The Hall–Kier alpha value is -3.52. The van der Waals surface area contributed by atoms with Crippen LogP contribution in [0.25, 0.3) is 32.2 Å². The van der Waals surface area contributed by atoms with Gasteiger partial charge in [0.1, 0.15) is 22.0 Å². The Morgan fingerprint density at radius 1 is 1.19 bits per heavy atom. The van der Waals surface area contributed by atoms with Gasteiger partial charge in [-0.15, -0.1) is 23.4 Å². The van der Waals surface area contributed by atoms with Crippen LogP contribution in [0.2, 0.25) is 0 Å². The second-order valence-electron chi connectivity index (χ2n) is 5.05. The van der Waals surface area contributed by atoms with Crippen LogP contribution in [0.3, 0.4) is 0 Å². The molecule has 4 aromatic heterocycles. The Labute approximate surface area is 159 Å². The van der Waals surface area contributed by atoms with E-state index in [0.717, 1.165) is 16.0 Å². The van der Waals surface area contributed by atoms with E-state index < -0.39 is 0 Å². The SMILES string of the molecule is C=C.C=NC(=NC)c1cc2occc2c(-c2nnc(-c3cccnc3)s2)n1. The summed E-state index contributed by atoms with van der Waals surface area (Å²) in [6.07, 6.45) is 5.09. The van der Waals surface area contributed by atoms with E-state index in [-0.39, 0.29) is 0 Å². The third-order valence-electron chi connectivity index (χ3n) is 3.58. The number of hydrogen-bond donors (Lipinski definition) is 0. The van der Waals surface area contributed by atoms with E-state index in [1.807, 2.05) is 18.2 Å². The molecule has 0 spiro atoms. The van der Waals surface area contributed by atoms with Crippen molar-refractivity contribution >= 4 is 34.9 Å². The van der Waals surface area contributed by atoms with Gasteiger partial charge in [-0.25, -0.2) is 9.98 Å². The highest BCUT2D eigenvalue weighted by molar-refractivity contribution is 7.18. The normalized spacial score (nSPS) is 11.1. The molecule has 0 atom stereocenters. The van der Waals surface area contributed by atoms with Crippen molar-refractivity contribution in [2.45, 2.75) is 0 Å². The maximum absolute atomic E-state index is 5.54. The van der Waals surface area contributed by atoms with Gasteiger partial charge in [0.15, 0.2) is 10.8 Å². The maximum Gasteiger partial charge on any atom is 0.172 e. The van der Waals surface area contributed by atoms with Crippen LogP contribution in [0.4, 0.5) is 0 Å². The molecule has 0 N–H and O–H groups in total. The average Bonchev–Trinajstić information content (AvgIpc) is 3.40. The van der Waals surface area contributed by atoms with E-state index in [1.165, 1.54) is 11.3 Å². The Bertz CT molecular complexity index is 1100. The summed E-state index contributed by atoms with van der Waals surface area (Å²) < 4.78 is 5.54. The van der Waals surface area contributed by atoms with Crippen LogP contribution in [-0.4, -0.2) is 39.8 Å². The second-order valence-corrected chi connectivity index (χ2v) is 6.03. The smallest absolute Gasteiger partial charge is 0.172 e.